The quantitative estimate of drug-likeness (QED) is 0.906. The Kier molecular flexibility index (Phi) is 3.76. The molecular formula is C16H23NO2S. The third-order valence-corrected chi connectivity index (χ3v) is 6.52. The van der Waals surface area contributed by atoms with E-state index in [0.717, 1.165) is 23.1 Å². The highest BCUT2D eigenvalue weighted by Crippen LogP contribution is 2.45. The number of fused-ring (bicyclic) bond motifs is 2. The van der Waals surface area contributed by atoms with E-state index < -0.39 is 9.84 Å². The van der Waals surface area contributed by atoms with Crippen LogP contribution in [0.25, 0.3) is 0 Å². The second-order valence-corrected chi connectivity index (χ2v) is 8.65. The Bertz CT molecular complexity index is 565. The maximum atomic E-state index is 11.6. The number of anilines is 1. The fourth-order valence-electron chi connectivity index (χ4n) is 3.69. The molecule has 2 saturated carbocycles. The Hall–Kier alpha value is -1.03. The normalized spacial score (nSPS) is 28.8. The standard InChI is InChI=1S/C16H23NO2S/c1-2-20(18,19)11-12-4-7-15(8-5-12)17-16-10-13-3-6-14(16)9-13/h4-5,7-8,13-14,16-17H,2-3,6,9-11H2,1H3. The topological polar surface area (TPSA) is 46.2 Å². The zero-order chi connectivity index (χ0) is 14.2. The molecule has 0 aromatic heterocycles. The van der Waals surface area contributed by atoms with E-state index in [0.29, 0.717) is 6.04 Å². The number of hydrogen-bond donors (Lipinski definition) is 1. The molecule has 110 valence electrons. The number of rotatable bonds is 5. The molecule has 1 N–H and O–H groups in total. The number of benzene rings is 1. The van der Waals surface area contributed by atoms with E-state index >= 15 is 0 Å². The molecule has 0 radical (unpaired) electrons. The minimum absolute atomic E-state index is 0.151. The van der Waals surface area contributed by atoms with Crippen molar-refractivity contribution in [3.05, 3.63) is 29.8 Å². The lowest BCUT2D eigenvalue weighted by atomic mass is 9.95. The van der Waals surface area contributed by atoms with Crippen molar-refractivity contribution in [1.82, 2.24) is 0 Å². The van der Waals surface area contributed by atoms with Crippen LogP contribution in [0, 0.1) is 11.8 Å². The summed E-state index contributed by atoms with van der Waals surface area (Å²) in [5.74, 6) is 2.14. The minimum Gasteiger partial charge on any atom is -0.382 e. The van der Waals surface area contributed by atoms with E-state index in [-0.39, 0.29) is 11.5 Å². The minimum atomic E-state index is -2.94. The first-order chi connectivity index (χ1) is 9.55. The summed E-state index contributed by atoms with van der Waals surface area (Å²) >= 11 is 0. The lowest BCUT2D eigenvalue weighted by molar-refractivity contribution is 0.440. The lowest BCUT2D eigenvalue weighted by Crippen LogP contribution is -2.25. The van der Waals surface area contributed by atoms with Gasteiger partial charge in [-0.25, -0.2) is 8.42 Å². The maximum absolute atomic E-state index is 11.6. The Morgan fingerprint density at radius 3 is 2.45 bits per heavy atom. The van der Waals surface area contributed by atoms with Gasteiger partial charge in [0.25, 0.3) is 0 Å². The zero-order valence-electron chi connectivity index (χ0n) is 12.0. The van der Waals surface area contributed by atoms with Gasteiger partial charge in [0, 0.05) is 17.5 Å². The molecule has 20 heavy (non-hydrogen) atoms. The lowest BCUT2D eigenvalue weighted by Gasteiger charge is -2.24. The van der Waals surface area contributed by atoms with Gasteiger partial charge in [-0.3, -0.25) is 0 Å². The van der Waals surface area contributed by atoms with Crippen LogP contribution in [0.1, 0.15) is 38.2 Å². The van der Waals surface area contributed by atoms with E-state index in [1.165, 1.54) is 25.7 Å². The largest absolute Gasteiger partial charge is 0.382 e. The molecule has 0 heterocycles. The summed E-state index contributed by atoms with van der Waals surface area (Å²) < 4.78 is 23.2. The van der Waals surface area contributed by atoms with E-state index in [2.05, 4.69) is 5.32 Å². The molecule has 0 aliphatic heterocycles. The summed E-state index contributed by atoms with van der Waals surface area (Å²) in [5.41, 5.74) is 2.01. The van der Waals surface area contributed by atoms with Gasteiger partial charge in [0.2, 0.25) is 0 Å². The average Bonchev–Trinajstić information content (AvgIpc) is 3.03. The van der Waals surface area contributed by atoms with Gasteiger partial charge in [-0.2, -0.15) is 0 Å². The summed E-state index contributed by atoms with van der Waals surface area (Å²) in [7, 11) is -2.94. The van der Waals surface area contributed by atoms with Crippen molar-refractivity contribution in [2.45, 2.75) is 44.4 Å². The van der Waals surface area contributed by atoms with E-state index in [9.17, 15) is 8.42 Å². The fraction of sp³-hybridized carbons (Fsp3) is 0.625. The van der Waals surface area contributed by atoms with Crippen LogP contribution < -0.4 is 5.32 Å². The smallest absolute Gasteiger partial charge is 0.154 e. The molecule has 0 saturated heterocycles. The van der Waals surface area contributed by atoms with Crippen molar-refractivity contribution in [3.8, 4) is 0 Å². The molecule has 4 heteroatoms. The molecule has 0 amide bonds. The summed E-state index contributed by atoms with van der Waals surface area (Å²) in [5, 5.41) is 3.63. The maximum Gasteiger partial charge on any atom is 0.154 e. The molecule has 3 unspecified atom stereocenters. The third kappa shape index (κ3) is 3.00. The van der Waals surface area contributed by atoms with Gasteiger partial charge < -0.3 is 5.32 Å². The van der Waals surface area contributed by atoms with Crippen molar-refractivity contribution >= 4 is 15.5 Å². The summed E-state index contributed by atoms with van der Waals surface area (Å²) in [4.78, 5) is 0. The molecule has 2 bridgehead atoms. The first kappa shape index (κ1) is 13.9. The molecule has 2 aliphatic rings. The zero-order valence-corrected chi connectivity index (χ0v) is 12.8. The second-order valence-electron chi connectivity index (χ2n) is 6.30. The van der Waals surface area contributed by atoms with Crippen molar-refractivity contribution in [2.24, 2.45) is 11.8 Å². The summed E-state index contributed by atoms with van der Waals surface area (Å²) in [6.45, 7) is 1.69. The Morgan fingerprint density at radius 2 is 1.90 bits per heavy atom. The van der Waals surface area contributed by atoms with E-state index in [1.54, 1.807) is 6.92 Å². The highest BCUT2D eigenvalue weighted by atomic mass is 32.2. The van der Waals surface area contributed by atoms with Crippen molar-refractivity contribution in [2.75, 3.05) is 11.1 Å². The van der Waals surface area contributed by atoms with Crippen LogP contribution in [0.2, 0.25) is 0 Å². The number of hydrogen-bond acceptors (Lipinski definition) is 3. The first-order valence-electron chi connectivity index (χ1n) is 7.61. The molecule has 0 spiro atoms. The summed E-state index contributed by atoms with van der Waals surface area (Å²) in [6, 6.07) is 8.53. The molecule has 3 nitrogen and oxygen atoms in total. The monoisotopic (exact) mass is 293 g/mol. The second kappa shape index (κ2) is 5.40. The van der Waals surface area contributed by atoms with Gasteiger partial charge in [-0.15, -0.1) is 0 Å². The molecular weight excluding hydrogens is 270 g/mol. The Balaban J connectivity index is 1.62. The van der Waals surface area contributed by atoms with Crippen LogP contribution in [0.15, 0.2) is 24.3 Å². The molecule has 2 fully saturated rings. The number of nitrogens with one attached hydrogen (secondary N) is 1. The number of sulfone groups is 1. The van der Waals surface area contributed by atoms with Crippen LogP contribution in [0.4, 0.5) is 5.69 Å². The van der Waals surface area contributed by atoms with E-state index in [1.807, 2.05) is 24.3 Å². The predicted molar refractivity (Wildman–Crippen MR) is 82.5 cm³/mol. The van der Waals surface area contributed by atoms with Crippen molar-refractivity contribution in [1.29, 1.82) is 0 Å². The molecule has 3 rings (SSSR count). The molecule has 2 aliphatic carbocycles. The first-order valence-corrected chi connectivity index (χ1v) is 9.44. The third-order valence-electron chi connectivity index (χ3n) is 4.87. The van der Waals surface area contributed by atoms with Gasteiger partial charge in [0.15, 0.2) is 9.84 Å². The van der Waals surface area contributed by atoms with Gasteiger partial charge in [0.05, 0.1) is 5.75 Å². The van der Waals surface area contributed by atoms with Gasteiger partial charge in [-0.05, 0) is 48.8 Å². The molecule has 3 atom stereocenters. The highest BCUT2D eigenvalue weighted by Gasteiger charge is 2.39. The van der Waals surface area contributed by atoms with Gasteiger partial charge in [-0.1, -0.05) is 25.5 Å². The highest BCUT2D eigenvalue weighted by molar-refractivity contribution is 7.90. The van der Waals surface area contributed by atoms with Gasteiger partial charge in [0.1, 0.15) is 0 Å². The van der Waals surface area contributed by atoms with Crippen LogP contribution in [-0.2, 0) is 15.6 Å². The van der Waals surface area contributed by atoms with Crippen LogP contribution in [-0.4, -0.2) is 20.2 Å². The Labute approximate surface area is 121 Å². The van der Waals surface area contributed by atoms with E-state index in [4.69, 9.17) is 0 Å². The SMILES string of the molecule is CCS(=O)(=O)Cc1ccc(NC2CC3CCC2C3)cc1. The van der Waals surface area contributed by atoms with Crippen molar-refractivity contribution < 1.29 is 8.42 Å². The van der Waals surface area contributed by atoms with Gasteiger partial charge >= 0.3 is 0 Å². The van der Waals surface area contributed by atoms with Crippen LogP contribution >= 0.6 is 0 Å². The molecule has 1 aromatic rings. The van der Waals surface area contributed by atoms with Crippen molar-refractivity contribution in [3.63, 3.8) is 0 Å². The molecule has 1 aromatic carbocycles. The predicted octanol–water partition coefficient (Wildman–Crippen LogP) is 3.22. The average molecular weight is 293 g/mol. The summed E-state index contributed by atoms with van der Waals surface area (Å²) in [6.07, 6.45) is 5.48. The Morgan fingerprint density at radius 1 is 1.15 bits per heavy atom. The fourth-order valence-corrected chi connectivity index (χ4v) is 4.59. The van der Waals surface area contributed by atoms with Crippen LogP contribution in [0.5, 0.6) is 0 Å². The van der Waals surface area contributed by atoms with Crippen LogP contribution in [0.3, 0.4) is 0 Å².